The van der Waals surface area contributed by atoms with Crippen LogP contribution >= 0.6 is 43.2 Å². The van der Waals surface area contributed by atoms with Gasteiger partial charge in [-0.3, -0.25) is 9.36 Å². The van der Waals surface area contributed by atoms with Crippen LogP contribution in [-0.4, -0.2) is 16.6 Å². The number of nitriles is 1. The van der Waals surface area contributed by atoms with E-state index < -0.39 is 17.4 Å². The molecule has 1 aromatic heterocycles. The number of thiazole rings is 1. The number of rotatable bonds is 4. The number of esters is 1. The summed E-state index contributed by atoms with van der Waals surface area (Å²) in [6.45, 7) is 3.50. The zero-order valence-corrected chi connectivity index (χ0v) is 22.2. The summed E-state index contributed by atoms with van der Waals surface area (Å²) in [6.07, 6.45) is 1.36. The molecule has 6 nitrogen and oxygen atoms in total. The number of nitrogens with zero attached hydrogens (tertiary/aromatic N) is 2. The second-order valence-electron chi connectivity index (χ2n) is 7.87. The Balaban J connectivity index is 2.08. The molecule has 0 saturated heterocycles. The average molecular weight is 601 g/mol. The summed E-state index contributed by atoms with van der Waals surface area (Å²) in [4.78, 5) is 26.7. The van der Waals surface area contributed by atoms with Gasteiger partial charge in [0.05, 0.1) is 33.8 Å². The van der Waals surface area contributed by atoms with Gasteiger partial charge in [0.2, 0.25) is 0 Å². The Bertz CT molecular complexity index is 1530. The number of halogens is 2. The maximum atomic E-state index is 13.4. The van der Waals surface area contributed by atoms with E-state index >= 15 is 0 Å². The first-order chi connectivity index (χ1) is 16.2. The van der Waals surface area contributed by atoms with Gasteiger partial charge in [0.15, 0.2) is 0 Å². The molecule has 0 fully saturated rings. The van der Waals surface area contributed by atoms with E-state index in [1.165, 1.54) is 4.57 Å². The predicted molar refractivity (Wildman–Crippen MR) is 140 cm³/mol. The monoisotopic (exact) mass is 599 g/mol. The number of aromatic nitrogens is 1. The van der Waals surface area contributed by atoms with Gasteiger partial charge in [-0.2, -0.15) is 5.26 Å². The Morgan fingerprint density at radius 2 is 1.74 bits per heavy atom. The van der Waals surface area contributed by atoms with E-state index in [1.54, 1.807) is 19.9 Å². The smallest absolute Gasteiger partial charge is 0.338 e. The number of hydrogen-bond acceptors (Lipinski definition) is 6. The number of ether oxygens (including phenoxy) is 1. The molecule has 1 aliphatic rings. The van der Waals surface area contributed by atoms with E-state index in [-0.39, 0.29) is 23.1 Å². The molecule has 0 amide bonds. The van der Waals surface area contributed by atoms with Crippen molar-refractivity contribution in [1.82, 2.24) is 4.57 Å². The highest BCUT2D eigenvalue weighted by Crippen LogP contribution is 2.37. The Hall–Kier alpha value is -2.93. The van der Waals surface area contributed by atoms with Crippen molar-refractivity contribution in [3.8, 4) is 6.07 Å². The minimum absolute atomic E-state index is 0.0169. The molecule has 2 aromatic carbocycles. The zero-order chi connectivity index (χ0) is 24.6. The molecule has 9 heteroatoms. The topological polar surface area (TPSA) is 98.1 Å². The molecule has 34 heavy (non-hydrogen) atoms. The van der Waals surface area contributed by atoms with E-state index in [0.717, 1.165) is 25.8 Å². The number of benzene rings is 2. The van der Waals surface area contributed by atoms with Crippen molar-refractivity contribution in [1.29, 1.82) is 5.26 Å². The fraction of sp³-hybridized carbons (Fsp3) is 0.160. The maximum absolute atomic E-state index is 13.4. The molecule has 2 heterocycles. The van der Waals surface area contributed by atoms with E-state index in [4.69, 9.17) is 10.5 Å². The molecule has 0 spiro atoms. The first-order valence-electron chi connectivity index (χ1n) is 10.3. The van der Waals surface area contributed by atoms with Gasteiger partial charge in [0, 0.05) is 8.95 Å². The lowest BCUT2D eigenvalue weighted by atomic mass is 9.84. The first-order valence-corrected chi connectivity index (χ1v) is 12.7. The Morgan fingerprint density at radius 1 is 1.15 bits per heavy atom. The van der Waals surface area contributed by atoms with Gasteiger partial charge in [-0.25, -0.2) is 4.79 Å². The van der Waals surface area contributed by atoms with Gasteiger partial charge >= 0.3 is 5.97 Å². The lowest BCUT2D eigenvalue weighted by molar-refractivity contribution is -0.140. The maximum Gasteiger partial charge on any atom is 0.338 e. The zero-order valence-electron chi connectivity index (χ0n) is 18.2. The van der Waals surface area contributed by atoms with Crippen molar-refractivity contribution in [2.45, 2.75) is 25.9 Å². The standard InChI is InChI=1S/C25H19Br2N3O3S/c1-13(2)33-25(32)21-20(15-5-9-17(27)10-6-15)18(12-28)22(29)30-23(31)19(34-24(21)30)11-14-3-7-16(26)8-4-14/h3-11,13,20H,29H2,1-2H3/b19-11+. The molecule has 1 unspecified atom stereocenters. The SMILES string of the molecule is CC(C)OC(=O)C1=c2s/c(=C/c3ccc(Br)cc3)c(=O)n2C(N)=C(C#N)C1c1ccc(Br)cc1. The molecular formula is C25H19Br2N3O3S. The number of allylic oxidation sites excluding steroid dienone is 1. The van der Waals surface area contributed by atoms with Gasteiger partial charge in [-0.05, 0) is 55.3 Å². The molecule has 1 aliphatic heterocycles. The number of carbonyl (C=O) groups is 1. The normalized spacial score (nSPS) is 15.9. The average Bonchev–Trinajstić information content (AvgIpc) is 3.11. The van der Waals surface area contributed by atoms with Crippen molar-refractivity contribution in [2.24, 2.45) is 5.73 Å². The second-order valence-corrected chi connectivity index (χ2v) is 10.7. The summed E-state index contributed by atoms with van der Waals surface area (Å²) in [5, 5.41) is 10.0. The second kappa shape index (κ2) is 9.74. The quantitative estimate of drug-likeness (QED) is 0.459. The molecule has 0 radical (unpaired) electrons. The Morgan fingerprint density at radius 3 is 2.29 bits per heavy atom. The summed E-state index contributed by atoms with van der Waals surface area (Å²) >= 11 is 7.97. The van der Waals surface area contributed by atoms with Crippen LogP contribution in [0.1, 0.15) is 30.9 Å². The van der Waals surface area contributed by atoms with Gasteiger partial charge in [-0.15, -0.1) is 11.3 Å². The van der Waals surface area contributed by atoms with Crippen LogP contribution in [0.2, 0.25) is 0 Å². The predicted octanol–water partition coefficient (Wildman–Crippen LogP) is 3.81. The van der Waals surface area contributed by atoms with Crippen LogP contribution in [0.25, 0.3) is 17.5 Å². The van der Waals surface area contributed by atoms with Crippen LogP contribution in [0.3, 0.4) is 0 Å². The summed E-state index contributed by atoms with van der Waals surface area (Å²) in [6, 6.07) is 16.9. The van der Waals surface area contributed by atoms with Crippen molar-refractivity contribution < 1.29 is 9.53 Å². The van der Waals surface area contributed by atoms with E-state index in [2.05, 4.69) is 37.9 Å². The molecule has 172 valence electrons. The van der Waals surface area contributed by atoms with Crippen LogP contribution in [-0.2, 0) is 9.53 Å². The minimum atomic E-state index is -0.761. The van der Waals surface area contributed by atoms with E-state index in [0.29, 0.717) is 14.8 Å². The third-order valence-corrected chi connectivity index (χ3v) is 7.37. The van der Waals surface area contributed by atoms with Gasteiger partial charge in [-0.1, -0.05) is 56.1 Å². The molecule has 0 saturated carbocycles. The molecule has 3 aromatic rings. The molecule has 0 bridgehead atoms. The van der Waals surface area contributed by atoms with E-state index in [9.17, 15) is 14.9 Å². The van der Waals surface area contributed by atoms with Gasteiger partial charge in [0.25, 0.3) is 5.56 Å². The van der Waals surface area contributed by atoms with Crippen molar-refractivity contribution in [3.05, 3.63) is 93.7 Å². The van der Waals surface area contributed by atoms with Gasteiger partial charge < -0.3 is 10.5 Å². The van der Waals surface area contributed by atoms with Crippen molar-refractivity contribution in [2.75, 3.05) is 0 Å². The molecule has 1 atom stereocenters. The minimum Gasteiger partial charge on any atom is -0.460 e. The molecular weight excluding hydrogens is 582 g/mol. The number of carbonyl (C=O) groups excluding carboxylic acids is 1. The number of hydrogen-bond donors (Lipinski definition) is 1. The van der Waals surface area contributed by atoms with Crippen LogP contribution in [0, 0.1) is 11.3 Å². The fourth-order valence-corrected chi connectivity index (χ4v) is 5.42. The summed E-state index contributed by atoms with van der Waals surface area (Å²) in [7, 11) is 0. The molecule has 2 N–H and O–H groups in total. The van der Waals surface area contributed by atoms with E-state index in [1.807, 2.05) is 48.5 Å². The summed E-state index contributed by atoms with van der Waals surface area (Å²) < 4.78 is 9.33. The third kappa shape index (κ3) is 4.53. The molecule has 4 rings (SSSR count). The van der Waals surface area contributed by atoms with Crippen molar-refractivity contribution in [3.63, 3.8) is 0 Å². The van der Waals surface area contributed by atoms with Crippen molar-refractivity contribution >= 4 is 66.6 Å². The van der Waals surface area contributed by atoms with Crippen LogP contribution < -0.4 is 20.5 Å². The lowest BCUT2D eigenvalue weighted by Crippen LogP contribution is -2.40. The fourth-order valence-electron chi connectivity index (χ4n) is 3.72. The highest BCUT2D eigenvalue weighted by atomic mass is 79.9. The Kier molecular flexibility index (Phi) is 6.94. The van der Waals surface area contributed by atoms with Gasteiger partial charge in [0.1, 0.15) is 10.5 Å². The Labute approximate surface area is 216 Å². The highest BCUT2D eigenvalue weighted by molar-refractivity contribution is 9.10. The number of fused-ring (bicyclic) bond motifs is 1. The van der Waals surface area contributed by atoms with Crippen LogP contribution in [0.15, 0.2) is 67.8 Å². The summed E-state index contributed by atoms with van der Waals surface area (Å²) in [5.74, 6) is -1.33. The first kappa shape index (κ1) is 24.2. The van der Waals surface area contributed by atoms with Crippen LogP contribution in [0.4, 0.5) is 0 Å². The number of nitrogens with two attached hydrogens (primary N) is 1. The highest BCUT2D eigenvalue weighted by Gasteiger charge is 2.36. The van der Waals surface area contributed by atoms with Crippen LogP contribution in [0.5, 0.6) is 0 Å². The third-order valence-electron chi connectivity index (χ3n) is 5.20. The largest absolute Gasteiger partial charge is 0.460 e. The molecule has 0 aliphatic carbocycles. The summed E-state index contributed by atoms with van der Waals surface area (Å²) in [5.41, 5.74) is 7.85. The lowest BCUT2D eigenvalue weighted by Gasteiger charge is -2.25.